The fourth-order valence-electron chi connectivity index (χ4n) is 4.89. The van der Waals surface area contributed by atoms with Crippen LogP contribution in [0.1, 0.15) is 71.9 Å². The zero-order valence-corrected chi connectivity index (χ0v) is 27.8. The second kappa shape index (κ2) is 14.6. The van der Waals surface area contributed by atoms with Gasteiger partial charge in [0.05, 0.1) is 51.3 Å². The van der Waals surface area contributed by atoms with E-state index in [1.807, 2.05) is 30.3 Å². The Hall–Kier alpha value is -1.74. The number of aliphatic hydroxyl groups excluding tert-OH is 1. The first-order valence-corrected chi connectivity index (χ1v) is 18.1. The Morgan fingerprint density at radius 3 is 2.00 bits per heavy atom. The van der Waals surface area contributed by atoms with Crippen molar-refractivity contribution in [2.24, 2.45) is 5.41 Å². The van der Waals surface area contributed by atoms with E-state index in [9.17, 15) is 5.11 Å². The second-order valence-corrected chi connectivity index (χ2v) is 18.3. The molecule has 1 saturated heterocycles. The van der Waals surface area contributed by atoms with E-state index in [0.717, 1.165) is 30.6 Å². The summed E-state index contributed by atoms with van der Waals surface area (Å²) >= 11 is 0. The quantitative estimate of drug-likeness (QED) is 0.153. The van der Waals surface area contributed by atoms with Crippen LogP contribution in [-0.4, -0.2) is 57.7 Å². The van der Waals surface area contributed by atoms with Crippen LogP contribution in [-0.2, 0) is 31.9 Å². The fourth-order valence-corrected chi connectivity index (χ4v) is 6.35. The van der Waals surface area contributed by atoms with Crippen molar-refractivity contribution >= 4 is 8.32 Å². The summed E-state index contributed by atoms with van der Waals surface area (Å²) in [5.41, 5.74) is 1.91. The standard InChI is InChI=1S/C34H54O6Si/c1-10-27(37-23-25-14-12-11-13-15-25)20-31(38-24-26-16-18-28(36-7)19-17-26)34(5,6)32(21-29-30(22-35)39-29)40-41(8,9)33(2,3)4/h11-19,27,29-32,35H,10,20-24H2,1-9H3/t27-,29+,30+,31+,32+/m0/s1. The average molecular weight is 587 g/mol. The van der Waals surface area contributed by atoms with Gasteiger partial charge in [-0.25, -0.2) is 0 Å². The Balaban J connectivity index is 1.86. The van der Waals surface area contributed by atoms with Gasteiger partial charge in [-0.1, -0.05) is 84.0 Å². The molecule has 1 aliphatic rings. The summed E-state index contributed by atoms with van der Waals surface area (Å²) in [4.78, 5) is 0. The second-order valence-electron chi connectivity index (χ2n) is 13.5. The summed E-state index contributed by atoms with van der Waals surface area (Å²) in [6, 6.07) is 18.4. The minimum absolute atomic E-state index is 0.00702. The molecule has 6 nitrogen and oxygen atoms in total. The van der Waals surface area contributed by atoms with E-state index in [0.29, 0.717) is 13.2 Å². The number of hydrogen-bond donors (Lipinski definition) is 1. The predicted octanol–water partition coefficient (Wildman–Crippen LogP) is 7.53. The van der Waals surface area contributed by atoms with Crippen LogP contribution in [0.15, 0.2) is 54.6 Å². The van der Waals surface area contributed by atoms with Gasteiger partial charge in [0.15, 0.2) is 8.32 Å². The van der Waals surface area contributed by atoms with Gasteiger partial charge in [0, 0.05) is 18.3 Å². The molecule has 230 valence electrons. The summed E-state index contributed by atoms with van der Waals surface area (Å²) in [5.74, 6) is 0.830. The number of aliphatic hydroxyl groups is 1. The van der Waals surface area contributed by atoms with Gasteiger partial charge in [0.25, 0.3) is 0 Å². The van der Waals surface area contributed by atoms with Crippen LogP contribution in [0.25, 0.3) is 0 Å². The summed E-state index contributed by atoms with van der Waals surface area (Å²) < 4.78 is 31.6. The van der Waals surface area contributed by atoms with Crippen LogP contribution in [0, 0.1) is 5.41 Å². The van der Waals surface area contributed by atoms with Crippen LogP contribution < -0.4 is 4.74 Å². The lowest BCUT2D eigenvalue weighted by atomic mass is 9.76. The smallest absolute Gasteiger partial charge is 0.192 e. The largest absolute Gasteiger partial charge is 0.497 e. The van der Waals surface area contributed by atoms with Gasteiger partial charge in [-0.3, -0.25) is 0 Å². The number of rotatable bonds is 17. The van der Waals surface area contributed by atoms with Gasteiger partial charge in [-0.05, 0) is 47.8 Å². The first kappa shape index (κ1) is 33.8. The lowest BCUT2D eigenvalue weighted by molar-refractivity contribution is -0.115. The normalized spacial score (nSPS) is 20.0. The van der Waals surface area contributed by atoms with Crippen molar-refractivity contribution in [2.45, 2.75) is 123 Å². The number of benzene rings is 2. The van der Waals surface area contributed by atoms with Crippen molar-refractivity contribution in [3.05, 3.63) is 65.7 Å². The third kappa shape index (κ3) is 9.63. The highest BCUT2D eigenvalue weighted by Crippen LogP contribution is 2.45. The van der Waals surface area contributed by atoms with E-state index in [-0.39, 0.29) is 47.6 Å². The van der Waals surface area contributed by atoms with Crippen molar-refractivity contribution < 1.29 is 28.5 Å². The van der Waals surface area contributed by atoms with Crippen molar-refractivity contribution in [1.82, 2.24) is 0 Å². The monoisotopic (exact) mass is 586 g/mol. The van der Waals surface area contributed by atoms with Crippen molar-refractivity contribution in [3.8, 4) is 5.75 Å². The number of hydrogen-bond acceptors (Lipinski definition) is 6. The number of epoxide rings is 1. The molecule has 0 saturated carbocycles. The molecule has 41 heavy (non-hydrogen) atoms. The molecule has 3 rings (SSSR count). The summed E-state index contributed by atoms with van der Waals surface area (Å²) in [6.45, 7) is 19.2. The first-order chi connectivity index (χ1) is 19.3. The van der Waals surface area contributed by atoms with E-state index < -0.39 is 8.32 Å². The van der Waals surface area contributed by atoms with Crippen LogP contribution in [0.4, 0.5) is 0 Å². The Labute approximate surface area is 249 Å². The Kier molecular flexibility index (Phi) is 12.0. The molecule has 0 bridgehead atoms. The molecule has 1 N–H and O–H groups in total. The van der Waals surface area contributed by atoms with Crippen molar-refractivity contribution in [1.29, 1.82) is 0 Å². The van der Waals surface area contributed by atoms with Gasteiger partial charge < -0.3 is 28.5 Å². The van der Waals surface area contributed by atoms with E-state index in [1.165, 1.54) is 5.56 Å². The number of ether oxygens (including phenoxy) is 4. The zero-order valence-electron chi connectivity index (χ0n) is 26.8. The van der Waals surface area contributed by atoms with Crippen LogP contribution in [0.3, 0.4) is 0 Å². The fraction of sp³-hybridized carbons (Fsp3) is 0.647. The summed E-state index contributed by atoms with van der Waals surface area (Å²) in [7, 11) is -0.440. The van der Waals surface area contributed by atoms with Crippen molar-refractivity contribution in [2.75, 3.05) is 13.7 Å². The maximum Gasteiger partial charge on any atom is 0.192 e. The molecule has 1 fully saturated rings. The van der Waals surface area contributed by atoms with Gasteiger partial charge in [0.1, 0.15) is 11.9 Å². The molecule has 0 radical (unpaired) electrons. The van der Waals surface area contributed by atoms with E-state index in [4.69, 9.17) is 23.4 Å². The zero-order chi connectivity index (χ0) is 30.3. The van der Waals surface area contributed by atoms with Gasteiger partial charge in [-0.15, -0.1) is 0 Å². The highest BCUT2D eigenvalue weighted by atomic mass is 28.4. The van der Waals surface area contributed by atoms with Gasteiger partial charge in [-0.2, -0.15) is 0 Å². The topological polar surface area (TPSA) is 69.7 Å². The molecule has 2 aromatic carbocycles. The maximum atomic E-state index is 9.71. The maximum absolute atomic E-state index is 9.71. The molecule has 0 amide bonds. The third-order valence-electron chi connectivity index (χ3n) is 9.09. The Morgan fingerprint density at radius 1 is 0.854 bits per heavy atom. The van der Waals surface area contributed by atoms with E-state index in [1.54, 1.807) is 7.11 Å². The lowest BCUT2D eigenvalue weighted by Gasteiger charge is -2.47. The summed E-state index contributed by atoms with van der Waals surface area (Å²) in [6.07, 6.45) is 2.07. The van der Waals surface area contributed by atoms with Gasteiger partial charge in [0.2, 0.25) is 0 Å². The molecular weight excluding hydrogens is 532 g/mol. The van der Waals surface area contributed by atoms with E-state index >= 15 is 0 Å². The molecule has 0 unspecified atom stereocenters. The molecule has 0 spiro atoms. The molecule has 1 heterocycles. The SMILES string of the molecule is CC[C@@H](C[C@@H](OCc1ccc(OC)cc1)C(C)(C)[C@@H](C[C@H]1O[C@@H]1CO)O[Si](C)(C)C(C)(C)C)OCc1ccccc1. The minimum atomic E-state index is -2.12. The van der Waals surface area contributed by atoms with E-state index in [2.05, 4.69) is 78.9 Å². The molecule has 1 aliphatic heterocycles. The minimum Gasteiger partial charge on any atom is -0.497 e. The number of methoxy groups -OCH3 is 1. The first-order valence-electron chi connectivity index (χ1n) is 15.1. The van der Waals surface area contributed by atoms with Crippen LogP contribution >= 0.6 is 0 Å². The molecule has 2 aromatic rings. The highest BCUT2D eigenvalue weighted by Gasteiger charge is 2.50. The highest BCUT2D eigenvalue weighted by molar-refractivity contribution is 6.74. The summed E-state index contributed by atoms with van der Waals surface area (Å²) in [5, 5.41) is 9.77. The molecular formula is C34H54O6Si. The third-order valence-corrected chi connectivity index (χ3v) is 13.6. The van der Waals surface area contributed by atoms with Crippen LogP contribution in [0.5, 0.6) is 5.75 Å². The molecule has 0 aromatic heterocycles. The van der Waals surface area contributed by atoms with Crippen molar-refractivity contribution in [3.63, 3.8) is 0 Å². The molecule has 0 aliphatic carbocycles. The molecule has 7 heteroatoms. The molecule has 5 atom stereocenters. The van der Waals surface area contributed by atoms with Crippen LogP contribution in [0.2, 0.25) is 18.1 Å². The predicted molar refractivity (Wildman–Crippen MR) is 168 cm³/mol. The Bertz CT molecular complexity index is 1030. The van der Waals surface area contributed by atoms with Gasteiger partial charge >= 0.3 is 0 Å². The Morgan fingerprint density at radius 2 is 1.46 bits per heavy atom. The lowest BCUT2D eigenvalue weighted by Crippen LogP contribution is -2.52. The average Bonchev–Trinajstić information content (AvgIpc) is 3.70.